The van der Waals surface area contributed by atoms with Gasteiger partial charge in [0, 0.05) is 11.4 Å². The lowest BCUT2D eigenvalue weighted by Gasteiger charge is -2.12. The number of nitrogens with zero attached hydrogens (tertiary/aromatic N) is 2. The van der Waals surface area contributed by atoms with Crippen molar-refractivity contribution in [2.45, 2.75) is 49.6 Å². The van der Waals surface area contributed by atoms with Gasteiger partial charge >= 0.3 is 6.03 Å². The fourth-order valence-electron chi connectivity index (χ4n) is 3.47. The van der Waals surface area contributed by atoms with Gasteiger partial charge in [0.1, 0.15) is 10.6 Å². The maximum atomic E-state index is 12.4. The Morgan fingerprint density at radius 3 is 2.77 bits per heavy atom. The number of aromatic nitrogens is 2. The van der Waals surface area contributed by atoms with Gasteiger partial charge in [-0.25, -0.2) is 14.8 Å². The van der Waals surface area contributed by atoms with Crippen molar-refractivity contribution in [3.8, 4) is 0 Å². The number of hydrogen-bond acceptors (Lipinski definition) is 7. The maximum Gasteiger partial charge on any atom is 0.321 e. The zero-order valence-corrected chi connectivity index (χ0v) is 18.2. The number of fused-ring (bicyclic) bond motifs is 3. The summed E-state index contributed by atoms with van der Waals surface area (Å²) in [6.45, 7) is 2.06. The van der Waals surface area contributed by atoms with Gasteiger partial charge in [-0.05, 0) is 43.7 Å². The van der Waals surface area contributed by atoms with E-state index in [1.54, 1.807) is 18.3 Å². The molecule has 30 heavy (non-hydrogen) atoms. The molecule has 7 nitrogen and oxygen atoms in total. The number of nitrogen functional groups attached to an aromatic ring is 1. The molecule has 4 rings (SSSR count). The predicted octanol–water partition coefficient (Wildman–Crippen LogP) is 3.66. The van der Waals surface area contributed by atoms with Gasteiger partial charge < -0.3 is 11.1 Å². The van der Waals surface area contributed by atoms with Crippen LogP contribution < -0.4 is 16.4 Å². The second-order valence-electron chi connectivity index (χ2n) is 7.20. The quantitative estimate of drug-likeness (QED) is 0.412. The number of nitrogens with one attached hydrogen (secondary N) is 2. The highest BCUT2D eigenvalue weighted by atomic mass is 32.2. The molecule has 4 N–H and O–H groups in total. The van der Waals surface area contributed by atoms with E-state index in [9.17, 15) is 9.59 Å². The molecule has 1 unspecified atom stereocenters. The Hall–Kier alpha value is -2.65. The first kappa shape index (κ1) is 20.6. The van der Waals surface area contributed by atoms with Crippen LogP contribution in [-0.2, 0) is 24.2 Å². The average molecular weight is 442 g/mol. The standard InChI is InChI=1S/C21H23N5O2S2/c1-12(18(27)25-20(28)23-11-13-7-3-2-4-8-13)29-21-24-17(22)16-14-9-5-6-10-15(14)30-19(16)26-21/h2-4,7-8,12H,5-6,9-11H2,1H3,(H2,22,24,26)(H2,23,25,27,28). The number of benzene rings is 1. The third-order valence-corrected chi connectivity index (χ3v) is 7.15. The van der Waals surface area contributed by atoms with E-state index in [1.165, 1.54) is 28.6 Å². The van der Waals surface area contributed by atoms with Gasteiger partial charge in [0.15, 0.2) is 5.16 Å². The molecule has 1 aliphatic rings. The van der Waals surface area contributed by atoms with Crippen molar-refractivity contribution in [1.82, 2.24) is 20.6 Å². The first-order valence-corrected chi connectivity index (χ1v) is 11.6. The zero-order valence-electron chi connectivity index (χ0n) is 16.6. The van der Waals surface area contributed by atoms with Crippen LogP contribution in [0.2, 0.25) is 0 Å². The van der Waals surface area contributed by atoms with Crippen LogP contribution in [-0.4, -0.2) is 27.2 Å². The van der Waals surface area contributed by atoms with E-state index in [-0.39, 0.29) is 0 Å². The first-order chi connectivity index (χ1) is 14.5. The van der Waals surface area contributed by atoms with Crippen LogP contribution in [0.5, 0.6) is 0 Å². The van der Waals surface area contributed by atoms with Crippen molar-refractivity contribution in [2.24, 2.45) is 0 Å². The number of thioether (sulfide) groups is 1. The third-order valence-electron chi connectivity index (χ3n) is 5.01. The van der Waals surface area contributed by atoms with Gasteiger partial charge in [-0.3, -0.25) is 10.1 Å². The third kappa shape index (κ3) is 4.57. The van der Waals surface area contributed by atoms with E-state index in [0.717, 1.165) is 35.0 Å². The van der Waals surface area contributed by atoms with Gasteiger partial charge in [0.2, 0.25) is 5.91 Å². The van der Waals surface area contributed by atoms with Gasteiger partial charge in [-0.2, -0.15) is 0 Å². The summed E-state index contributed by atoms with van der Waals surface area (Å²) in [6.07, 6.45) is 4.44. The largest absolute Gasteiger partial charge is 0.383 e. The number of nitrogens with two attached hydrogens (primary N) is 1. The number of aryl methyl sites for hydroxylation is 2. The summed E-state index contributed by atoms with van der Waals surface area (Å²) in [4.78, 5) is 35.7. The molecule has 1 atom stereocenters. The Labute approximate surface area is 182 Å². The summed E-state index contributed by atoms with van der Waals surface area (Å²) in [7, 11) is 0. The molecule has 3 amide bonds. The highest BCUT2D eigenvalue weighted by Crippen LogP contribution is 2.38. The normalized spacial score (nSPS) is 14.2. The summed E-state index contributed by atoms with van der Waals surface area (Å²) < 4.78 is 0. The fourth-order valence-corrected chi connectivity index (χ4v) is 5.57. The summed E-state index contributed by atoms with van der Waals surface area (Å²) >= 11 is 2.87. The SMILES string of the molecule is CC(Sc1nc(N)c2c3c(sc2n1)CCCC3)C(=O)NC(=O)NCc1ccccc1. The molecule has 0 aliphatic heterocycles. The Morgan fingerprint density at radius 1 is 1.20 bits per heavy atom. The monoisotopic (exact) mass is 441 g/mol. The molecule has 1 aliphatic carbocycles. The molecule has 0 bridgehead atoms. The van der Waals surface area contributed by atoms with E-state index in [2.05, 4.69) is 20.6 Å². The number of imide groups is 1. The van der Waals surface area contributed by atoms with Crippen molar-refractivity contribution in [1.29, 1.82) is 0 Å². The van der Waals surface area contributed by atoms with Gasteiger partial charge in [-0.15, -0.1) is 11.3 Å². The first-order valence-electron chi connectivity index (χ1n) is 9.88. The molecule has 2 aromatic heterocycles. The van der Waals surface area contributed by atoms with Crippen molar-refractivity contribution in [3.05, 3.63) is 46.3 Å². The van der Waals surface area contributed by atoms with E-state index >= 15 is 0 Å². The lowest BCUT2D eigenvalue weighted by Crippen LogP contribution is -2.42. The number of anilines is 1. The summed E-state index contributed by atoms with van der Waals surface area (Å²) in [5.74, 6) is 0.0633. The fraction of sp³-hybridized carbons (Fsp3) is 0.333. The smallest absolute Gasteiger partial charge is 0.321 e. The molecule has 1 aromatic carbocycles. The van der Waals surface area contributed by atoms with Crippen molar-refractivity contribution in [3.63, 3.8) is 0 Å². The van der Waals surface area contributed by atoms with Gasteiger partial charge in [0.05, 0.1) is 10.6 Å². The summed E-state index contributed by atoms with van der Waals surface area (Å²) in [5, 5.41) is 5.92. The highest BCUT2D eigenvalue weighted by molar-refractivity contribution is 8.00. The van der Waals surface area contributed by atoms with E-state index in [4.69, 9.17) is 5.73 Å². The number of urea groups is 1. The van der Waals surface area contributed by atoms with E-state index in [1.807, 2.05) is 30.3 Å². The summed E-state index contributed by atoms with van der Waals surface area (Å²) in [6, 6.07) is 8.97. The number of hydrogen-bond donors (Lipinski definition) is 3. The van der Waals surface area contributed by atoms with Crippen molar-refractivity contribution < 1.29 is 9.59 Å². The van der Waals surface area contributed by atoms with Crippen molar-refractivity contribution in [2.75, 3.05) is 5.73 Å². The minimum atomic E-state index is -0.543. The highest BCUT2D eigenvalue weighted by Gasteiger charge is 2.23. The predicted molar refractivity (Wildman–Crippen MR) is 121 cm³/mol. The molecule has 2 heterocycles. The molecule has 0 saturated carbocycles. The number of thiophene rings is 1. The molecule has 156 valence electrons. The Balaban J connectivity index is 1.38. The number of rotatable bonds is 5. The second-order valence-corrected chi connectivity index (χ2v) is 9.59. The van der Waals surface area contributed by atoms with Crippen molar-refractivity contribution >= 4 is 51.1 Å². The Morgan fingerprint density at radius 2 is 1.97 bits per heavy atom. The van der Waals surface area contributed by atoms with Crippen LogP contribution in [0.25, 0.3) is 10.2 Å². The van der Waals surface area contributed by atoms with Gasteiger partial charge in [0.25, 0.3) is 0 Å². The number of amides is 3. The number of carbonyl (C=O) groups is 2. The van der Waals surface area contributed by atoms with Crippen LogP contribution in [0.15, 0.2) is 35.5 Å². The zero-order chi connectivity index (χ0) is 21.1. The minimum absolute atomic E-state index is 0.348. The Bertz CT molecular complexity index is 1080. The van der Waals surface area contributed by atoms with Crippen LogP contribution >= 0.6 is 23.1 Å². The molecule has 3 aromatic rings. The van der Waals surface area contributed by atoms with Gasteiger partial charge in [-0.1, -0.05) is 42.1 Å². The van der Waals surface area contributed by atoms with Crippen LogP contribution in [0.1, 0.15) is 35.8 Å². The molecular weight excluding hydrogens is 418 g/mol. The van der Waals surface area contributed by atoms with Crippen LogP contribution in [0.3, 0.4) is 0 Å². The minimum Gasteiger partial charge on any atom is -0.383 e. The maximum absolute atomic E-state index is 12.4. The second kappa shape index (κ2) is 9.01. The van der Waals surface area contributed by atoms with Crippen LogP contribution in [0, 0.1) is 0 Å². The molecule has 0 saturated heterocycles. The number of carbonyl (C=O) groups excluding carboxylic acids is 2. The summed E-state index contributed by atoms with van der Waals surface area (Å²) in [5.41, 5.74) is 8.48. The molecule has 9 heteroatoms. The lowest BCUT2D eigenvalue weighted by atomic mass is 9.97. The van der Waals surface area contributed by atoms with Crippen LogP contribution in [0.4, 0.5) is 10.6 Å². The topological polar surface area (TPSA) is 110 Å². The molecular formula is C21H23N5O2S2. The molecule has 0 spiro atoms. The Kier molecular flexibility index (Phi) is 6.19. The van der Waals surface area contributed by atoms with E-state index < -0.39 is 17.2 Å². The van der Waals surface area contributed by atoms with E-state index in [0.29, 0.717) is 17.5 Å². The molecule has 0 fully saturated rings. The molecule has 0 radical (unpaired) electrons. The average Bonchev–Trinajstić information content (AvgIpc) is 3.11. The lowest BCUT2D eigenvalue weighted by molar-refractivity contribution is -0.119.